The Kier molecular flexibility index (Phi) is 4.48. The number of aromatic amines is 1. The number of hydrogen-bond donors (Lipinski definition) is 3. The number of rotatable bonds is 3. The number of amides is 2. The van der Waals surface area contributed by atoms with E-state index < -0.39 is 6.03 Å². The first-order chi connectivity index (χ1) is 13.1. The number of pyridine rings is 1. The maximum Gasteiger partial charge on any atom is 0.323 e. The Morgan fingerprint density at radius 3 is 2.63 bits per heavy atom. The van der Waals surface area contributed by atoms with Crippen molar-refractivity contribution >= 4 is 39.9 Å². The van der Waals surface area contributed by atoms with Crippen molar-refractivity contribution in [1.82, 2.24) is 9.97 Å². The second-order valence-electron chi connectivity index (χ2n) is 5.89. The van der Waals surface area contributed by atoms with E-state index >= 15 is 0 Å². The number of H-pyrrole nitrogens is 1. The highest BCUT2D eigenvalue weighted by Gasteiger charge is 2.16. The zero-order valence-corrected chi connectivity index (χ0v) is 14.7. The standard InChI is InChI=1S/C20H14ClFN4O/c21-13-3-6-15(7-4-13)24-20(27)26-19-16-10-14(22)5-8-17(16)25-18(19)12-2-1-9-23-11-12/h1-11,25H,(H2,24,26,27). The number of carbonyl (C=O) groups excluding carboxylic acids is 1. The minimum absolute atomic E-state index is 0.389. The van der Waals surface area contributed by atoms with Gasteiger partial charge in [0.15, 0.2) is 0 Å². The highest BCUT2D eigenvalue weighted by Crippen LogP contribution is 2.35. The molecule has 0 fully saturated rings. The molecule has 4 aromatic rings. The highest BCUT2D eigenvalue weighted by atomic mass is 35.5. The molecule has 0 bridgehead atoms. The van der Waals surface area contributed by atoms with Crippen LogP contribution >= 0.6 is 11.6 Å². The molecule has 4 rings (SSSR count). The van der Waals surface area contributed by atoms with Crippen molar-refractivity contribution in [2.45, 2.75) is 0 Å². The first-order valence-corrected chi connectivity index (χ1v) is 8.53. The van der Waals surface area contributed by atoms with Gasteiger partial charge in [-0.3, -0.25) is 4.98 Å². The fourth-order valence-corrected chi connectivity index (χ4v) is 2.96. The predicted octanol–water partition coefficient (Wildman–Crippen LogP) is 5.67. The highest BCUT2D eigenvalue weighted by molar-refractivity contribution is 6.30. The molecule has 0 aliphatic heterocycles. The fourth-order valence-electron chi connectivity index (χ4n) is 2.83. The molecule has 0 unspecified atom stereocenters. The Balaban J connectivity index is 1.71. The largest absolute Gasteiger partial charge is 0.353 e. The fraction of sp³-hybridized carbons (Fsp3) is 0. The Morgan fingerprint density at radius 1 is 1.07 bits per heavy atom. The van der Waals surface area contributed by atoms with Crippen LogP contribution in [0.4, 0.5) is 20.6 Å². The van der Waals surface area contributed by atoms with Gasteiger partial charge in [0, 0.05) is 39.6 Å². The normalized spacial score (nSPS) is 10.7. The van der Waals surface area contributed by atoms with Gasteiger partial charge in [0.25, 0.3) is 0 Å². The van der Waals surface area contributed by atoms with Crippen LogP contribution in [-0.2, 0) is 0 Å². The van der Waals surface area contributed by atoms with E-state index in [2.05, 4.69) is 20.6 Å². The van der Waals surface area contributed by atoms with Crippen molar-refractivity contribution in [1.29, 1.82) is 0 Å². The topological polar surface area (TPSA) is 69.8 Å². The Labute approximate surface area is 159 Å². The number of aromatic nitrogens is 2. The molecule has 2 aromatic carbocycles. The molecule has 2 amide bonds. The van der Waals surface area contributed by atoms with Crippen molar-refractivity contribution in [3.05, 3.63) is 77.8 Å². The monoisotopic (exact) mass is 380 g/mol. The zero-order valence-electron chi connectivity index (χ0n) is 14.0. The van der Waals surface area contributed by atoms with Crippen molar-refractivity contribution in [2.75, 3.05) is 10.6 Å². The van der Waals surface area contributed by atoms with Crippen molar-refractivity contribution in [2.24, 2.45) is 0 Å². The maximum atomic E-state index is 13.8. The third kappa shape index (κ3) is 3.61. The van der Waals surface area contributed by atoms with E-state index in [1.54, 1.807) is 48.8 Å². The average Bonchev–Trinajstić information content (AvgIpc) is 3.02. The number of hydrogen-bond acceptors (Lipinski definition) is 2. The van der Waals surface area contributed by atoms with Gasteiger partial charge in [0.2, 0.25) is 0 Å². The quantitative estimate of drug-likeness (QED) is 0.428. The summed E-state index contributed by atoms with van der Waals surface area (Å²) < 4.78 is 13.8. The molecule has 0 radical (unpaired) electrons. The van der Waals surface area contributed by atoms with E-state index in [9.17, 15) is 9.18 Å². The van der Waals surface area contributed by atoms with Crippen LogP contribution in [0, 0.1) is 5.82 Å². The summed E-state index contributed by atoms with van der Waals surface area (Å²) in [5.74, 6) is -0.389. The van der Waals surface area contributed by atoms with Gasteiger partial charge >= 0.3 is 6.03 Å². The summed E-state index contributed by atoms with van der Waals surface area (Å²) in [6.07, 6.45) is 3.33. The average molecular weight is 381 g/mol. The number of urea groups is 1. The number of fused-ring (bicyclic) bond motifs is 1. The Morgan fingerprint density at radius 2 is 1.89 bits per heavy atom. The minimum atomic E-state index is -0.451. The molecule has 27 heavy (non-hydrogen) atoms. The number of nitrogens with zero attached hydrogens (tertiary/aromatic N) is 1. The summed E-state index contributed by atoms with van der Waals surface area (Å²) in [5.41, 5.74) is 3.19. The molecule has 7 heteroatoms. The van der Waals surface area contributed by atoms with Gasteiger partial charge in [-0.25, -0.2) is 9.18 Å². The van der Waals surface area contributed by atoms with E-state index in [0.29, 0.717) is 33.0 Å². The summed E-state index contributed by atoms with van der Waals surface area (Å²) in [4.78, 5) is 19.8. The lowest BCUT2D eigenvalue weighted by Crippen LogP contribution is -2.19. The SMILES string of the molecule is O=C(Nc1ccc(Cl)cc1)Nc1c(-c2cccnc2)[nH]c2ccc(F)cc12. The second-order valence-corrected chi connectivity index (χ2v) is 6.33. The van der Waals surface area contributed by atoms with Crippen LogP contribution in [0.1, 0.15) is 0 Å². The molecule has 2 heterocycles. The molecule has 0 saturated carbocycles. The summed E-state index contributed by atoms with van der Waals surface area (Å²) in [5, 5.41) is 6.69. The van der Waals surface area contributed by atoms with Gasteiger partial charge in [0.05, 0.1) is 11.4 Å². The molecule has 134 valence electrons. The van der Waals surface area contributed by atoms with Crippen molar-refractivity contribution in [3.63, 3.8) is 0 Å². The van der Waals surface area contributed by atoms with Crippen LogP contribution < -0.4 is 10.6 Å². The maximum absolute atomic E-state index is 13.8. The van der Waals surface area contributed by atoms with Crippen molar-refractivity contribution < 1.29 is 9.18 Å². The van der Waals surface area contributed by atoms with Gasteiger partial charge < -0.3 is 15.6 Å². The molecule has 0 spiro atoms. The third-order valence-electron chi connectivity index (χ3n) is 4.05. The molecular weight excluding hydrogens is 367 g/mol. The van der Waals surface area contributed by atoms with Crippen LogP contribution in [0.25, 0.3) is 22.2 Å². The van der Waals surface area contributed by atoms with Crippen LogP contribution in [0.15, 0.2) is 67.0 Å². The molecule has 3 N–H and O–H groups in total. The van der Waals surface area contributed by atoms with Gasteiger partial charge in [-0.1, -0.05) is 11.6 Å². The Bertz CT molecular complexity index is 1110. The summed E-state index contributed by atoms with van der Waals surface area (Å²) in [6.45, 7) is 0. The molecule has 0 aliphatic carbocycles. The molecule has 2 aromatic heterocycles. The van der Waals surface area contributed by atoms with Crippen LogP contribution in [-0.4, -0.2) is 16.0 Å². The lowest BCUT2D eigenvalue weighted by molar-refractivity contribution is 0.262. The van der Waals surface area contributed by atoms with Crippen LogP contribution in [0.2, 0.25) is 5.02 Å². The van der Waals surface area contributed by atoms with Gasteiger partial charge in [-0.2, -0.15) is 0 Å². The summed E-state index contributed by atoms with van der Waals surface area (Å²) in [6, 6.07) is 14.3. The van der Waals surface area contributed by atoms with Gasteiger partial charge in [-0.05, 0) is 54.6 Å². The Hall–Kier alpha value is -3.38. The zero-order chi connectivity index (χ0) is 18.8. The first kappa shape index (κ1) is 17.1. The number of benzene rings is 2. The third-order valence-corrected chi connectivity index (χ3v) is 4.30. The van der Waals surface area contributed by atoms with E-state index in [1.807, 2.05) is 6.07 Å². The molecule has 5 nitrogen and oxygen atoms in total. The van der Waals surface area contributed by atoms with Gasteiger partial charge in [-0.15, -0.1) is 0 Å². The number of nitrogens with one attached hydrogen (secondary N) is 3. The van der Waals surface area contributed by atoms with E-state index in [1.165, 1.54) is 12.1 Å². The van der Waals surface area contributed by atoms with Crippen LogP contribution in [0.3, 0.4) is 0 Å². The lowest BCUT2D eigenvalue weighted by atomic mass is 10.1. The number of halogens is 2. The van der Waals surface area contributed by atoms with Crippen LogP contribution in [0.5, 0.6) is 0 Å². The number of anilines is 2. The number of carbonyl (C=O) groups is 1. The smallest absolute Gasteiger partial charge is 0.323 e. The summed E-state index contributed by atoms with van der Waals surface area (Å²) in [7, 11) is 0. The molecule has 0 atom stereocenters. The summed E-state index contributed by atoms with van der Waals surface area (Å²) >= 11 is 5.86. The van der Waals surface area contributed by atoms with Crippen molar-refractivity contribution in [3.8, 4) is 11.3 Å². The van der Waals surface area contributed by atoms with E-state index in [-0.39, 0.29) is 5.82 Å². The molecule has 0 aliphatic rings. The van der Waals surface area contributed by atoms with E-state index in [4.69, 9.17) is 11.6 Å². The second kappa shape index (κ2) is 7.09. The molecular formula is C20H14ClFN4O. The van der Waals surface area contributed by atoms with E-state index in [0.717, 1.165) is 5.56 Å². The first-order valence-electron chi connectivity index (χ1n) is 8.15. The van der Waals surface area contributed by atoms with Gasteiger partial charge in [0.1, 0.15) is 5.82 Å². The molecule has 0 saturated heterocycles. The lowest BCUT2D eigenvalue weighted by Gasteiger charge is -2.09. The predicted molar refractivity (Wildman–Crippen MR) is 106 cm³/mol. The minimum Gasteiger partial charge on any atom is -0.353 e.